The molecule has 0 saturated heterocycles. The third-order valence-corrected chi connectivity index (χ3v) is 11.2. The summed E-state index contributed by atoms with van der Waals surface area (Å²) in [6.07, 6.45) is 6.13. The Morgan fingerprint density at radius 2 is 1.74 bits per heavy atom. The van der Waals surface area contributed by atoms with Crippen molar-refractivity contribution in [2.75, 3.05) is 13.6 Å². The van der Waals surface area contributed by atoms with Crippen molar-refractivity contribution in [1.82, 2.24) is 5.32 Å². The minimum atomic E-state index is -0.992. The van der Waals surface area contributed by atoms with Crippen molar-refractivity contribution in [3.8, 4) is 0 Å². The number of Topliss-reactive ketones (excluding diaryl/α,β-unsaturated/α-hetero) is 1. The number of rotatable bonds is 7. The molecule has 4 fully saturated rings. The number of nitrogens with one attached hydrogen (secondary N) is 1. The quantitative estimate of drug-likeness (QED) is 0.406. The van der Waals surface area contributed by atoms with Gasteiger partial charge in [0.2, 0.25) is 0 Å². The molecule has 0 heterocycles. The summed E-state index contributed by atoms with van der Waals surface area (Å²) < 4.78 is 0. The second-order valence-electron chi connectivity index (χ2n) is 12.4. The number of aliphatic hydroxyl groups is 2. The second kappa shape index (κ2) is 10.8. The van der Waals surface area contributed by atoms with E-state index in [2.05, 4.69) is 26.1 Å². The first-order valence-electron chi connectivity index (χ1n) is 13.3. The van der Waals surface area contributed by atoms with Gasteiger partial charge < -0.3 is 25.4 Å². The van der Waals surface area contributed by atoms with E-state index < -0.39 is 18.2 Å². The van der Waals surface area contributed by atoms with Crippen LogP contribution < -0.4 is 40.0 Å². The number of ketones is 1. The molecule has 0 aliphatic heterocycles. The van der Waals surface area contributed by atoms with Crippen molar-refractivity contribution in [3.63, 3.8) is 0 Å². The van der Waals surface area contributed by atoms with Crippen LogP contribution >= 0.6 is 0 Å². The summed E-state index contributed by atoms with van der Waals surface area (Å²) in [6.45, 7) is 7.03. The van der Waals surface area contributed by atoms with E-state index in [-0.39, 0.29) is 64.4 Å². The Balaban J connectivity index is 0.00000324. The van der Waals surface area contributed by atoms with Crippen LogP contribution in [0.4, 0.5) is 0 Å². The SMILES string of the molecule is CNCC(=O)C1C[C@@H](O)C[C@H]2CCC3C(C[C@H](O)[C@@]4(C)C3CC[C@@H]4[C@H](C)CCC(=O)[O-])[C@@]12C.[Na+]. The molecule has 4 aliphatic carbocycles. The summed E-state index contributed by atoms with van der Waals surface area (Å²) in [5, 5.41) is 36.4. The number of likely N-dealkylation sites (N-methyl/N-ethyl adjacent to an activating group) is 1. The molecule has 3 N–H and O–H groups in total. The van der Waals surface area contributed by atoms with E-state index in [1.807, 2.05) is 0 Å². The van der Waals surface area contributed by atoms with Gasteiger partial charge >= 0.3 is 29.6 Å². The topological polar surface area (TPSA) is 110 Å². The standard InChI is InChI=1S/C27H45NO5.Na/c1-15(5-10-25(32)33)19-8-9-20-18-7-6-16-11-17(29)12-22(23(30)14-28-4)26(16,2)21(18)13-24(31)27(19,20)3;/h15-22,24,28-29,31H,5-14H2,1-4H3,(H,32,33);/q;+1/p-1/t15-,16-,17+,18?,19-,20?,21?,22?,24+,26+,27-;/m1./s1. The normalized spacial score (nSPS) is 46.4. The van der Waals surface area contributed by atoms with Crippen molar-refractivity contribution in [2.24, 2.45) is 52.3 Å². The van der Waals surface area contributed by atoms with Crippen molar-refractivity contribution >= 4 is 11.8 Å². The van der Waals surface area contributed by atoms with Crippen LogP contribution in [-0.4, -0.2) is 47.8 Å². The third-order valence-electron chi connectivity index (χ3n) is 11.2. The maximum atomic E-state index is 13.2. The Morgan fingerprint density at radius 1 is 1.03 bits per heavy atom. The number of hydrogen-bond donors (Lipinski definition) is 3. The number of aliphatic carboxylic acids is 1. The van der Waals surface area contributed by atoms with Crippen LogP contribution in [0.5, 0.6) is 0 Å². The van der Waals surface area contributed by atoms with Crippen LogP contribution in [-0.2, 0) is 9.59 Å². The van der Waals surface area contributed by atoms with Crippen molar-refractivity contribution in [2.45, 2.75) is 90.8 Å². The van der Waals surface area contributed by atoms with Crippen LogP contribution in [0.2, 0.25) is 0 Å². The first kappa shape index (κ1) is 28.6. The van der Waals surface area contributed by atoms with E-state index in [1.165, 1.54) is 0 Å². The van der Waals surface area contributed by atoms with Gasteiger partial charge in [0.25, 0.3) is 0 Å². The third kappa shape index (κ3) is 4.58. The number of fused-ring (bicyclic) bond motifs is 5. The largest absolute Gasteiger partial charge is 1.00 e. The summed E-state index contributed by atoms with van der Waals surface area (Å²) in [5.41, 5.74) is -0.383. The van der Waals surface area contributed by atoms with E-state index in [0.29, 0.717) is 55.4 Å². The van der Waals surface area contributed by atoms with Gasteiger partial charge in [0.15, 0.2) is 0 Å². The van der Waals surface area contributed by atoms with E-state index in [0.717, 1.165) is 32.1 Å². The average Bonchev–Trinajstić information content (AvgIpc) is 3.12. The van der Waals surface area contributed by atoms with E-state index in [9.17, 15) is 24.9 Å². The van der Waals surface area contributed by atoms with Crippen LogP contribution in [0.15, 0.2) is 0 Å². The van der Waals surface area contributed by atoms with Crippen LogP contribution in [0.1, 0.15) is 78.6 Å². The van der Waals surface area contributed by atoms with Gasteiger partial charge in [-0.3, -0.25) is 4.79 Å². The van der Waals surface area contributed by atoms with Gasteiger partial charge in [0, 0.05) is 11.9 Å². The molecule has 0 amide bonds. The van der Waals surface area contributed by atoms with Crippen LogP contribution in [0.25, 0.3) is 0 Å². The predicted octanol–water partition coefficient (Wildman–Crippen LogP) is -0.838. The molecule has 0 bridgehead atoms. The Bertz CT molecular complexity index is 763. The number of carbonyl (C=O) groups excluding carboxylic acids is 2. The molecule has 0 aromatic carbocycles. The monoisotopic (exact) mass is 485 g/mol. The van der Waals surface area contributed by atoms with Gasteiger partial charge in [-0.2, -0.15) is 0 Å². The van der Waals surface area contributed by atoms with Crippen LogP contribution in [0, 0.1) is 52.3 Å². The molecule has 7 heteroatoms. The number of aliphatic hydroxyl groups excluding tert-OH is 2. The van der Waals surface area contributed by atoms with E-state index in [1.54, 1.807) is 7.05 Å². The van der Waals surface area contributed by atoms with Gasteiger partial charge in [0.1, 0.15) is 5.78 Å². The fourth-order valence-electron chi connectivity index (χ4n) is 9.59. The van der Waals surface area contributed by atoms with Gasteiger partial charge in [0.05, 0.1) is 18.8 Å². The molecular weight excluding hydrogens is 441 g/mol. The van der Waals surface area contributed by atoms with Crippen molar-refractivity contribution < 1.29 is 54.5 Å². The fourth-order valence-corrected chi connectivity index (χ4v) is 9.59. The molecule has 0 aromatic rings. The summed E-state index contributed by atoms with van der Waals surface area (Å²) >= 11 is 0. The zero-order valence-corrected chi connectivity index (χ0v) is 23.9. The van der Waals surface area contributed by atoms with Gasteiger partial charge in [-0.05, 0) is 111 Å². The smallest absolute Gasteiger partial charge is 0.550 e. The summed E-state index contributed by atoms with van der Waals surface area (Å²) in [6, 6.07) is 0. The Labute approximate surface area is 227 Å². The molecule has 11 atom stereocenters. The maximum Gasteiger partial charge on any atom is 1.00 e. The van der Waals surface area contributed by atoms with Crippen LogP contribution in [0.3, 0.4) is 0 Å². The molecule has 4 unspecified atom stereocenters. The molecule has 4 rings (SSSR count). The molecule has 4 saturated carbocycles. The second-order valence-corrected chi connectivity index (χ2v) is 12.4. The summed E-state index contributed by atoms with van der Waals surface area (Å²) in [4.78, 5) is 24.3. The number of hydrogen-bond acceptors (Lipinski definition) is 6. The zero-order valence-electron chi connectivity index (χ0n) is 21.9. The number of carboxylic acid groups (broad SMARTS) is 1. The molecule has 34 heavy (non-hydrogen) atoms. The molecule has 188 valence electrons. The maximum absolute atomic E-state index is 13.2. The summed E-state index contributed by atoms with van der Waals surface area (Å²) in [7, 11) is 1.80. The van der Waals surface area contributed by atoms with Gasteiger partial charge in [-0.25, -0.2) is 0 Å². The Kier molecular flexibility index (Phi) is 9.07. The number of carbonyl (C=O) groups is 2. The Morgan fingerprint density at radius 3 is 2.38 bits per heavy atom. The molecule has 4 aliphatic rings. The minimum Gasteiger partial charge on any atom is -0.550 e. The van der Waals surface area contributed by atoms with Gasteiger partial charge in [-0.1, -0.05) is 20.8 Å². The molecule has 0 spiro atoms. The van der Waals surface area contributed by atoms with E-state index >= 15 is 0 Å². The molecule has 0 radical (unpaired) electrons. The van der Waals surface area contributed by atoms with Gasteiger partial charge in [-0.15, -0.1) is 0 Å². The molecular formula is C27H44NNaO5. The first-order valence-corrected chi connectivity index (χ1v) is 13.3. The Hall–Kier alpha value is 0.0200. The van der Waals surface area contributed by atoms with Crippen molar-refractivity contribution in [1.29, 1.82) is 0 Å². The fraction of sp³-hybridized carbons (Fsp3) is 0.926. The zero-order chi connectivity index (χ0) is 24.1. The number of carboxylic acids is 1. The first-order chi connectivity index (χ1) is 15.5. The average molecular weight is 486 g/mol. The minimum absolute atomic E-state index is 0. The van der Waals surface area contributed by atoms with E-state index in [4.69, 9.17) is 0 Å². The molecule has 0 aromatic heterocycles. The molecule has 6 nitrogen and oxygen atoms in total. The predicted molar refractivity (Wildman–Crippen MR) is 124 cm³/mol. The van der Waals surface area contributed by atoms with Crippen molar-refractivity contribution in [3.05, 3.63) is 0 Å². The summed E-state index contributed by atoms with van der Waals surface area (Å²) in [5.74, 6) is 1.11.